The molecule has 9 heteroatoms. The average molecular weight is 568 g/mol. The topological polar surface area (TPSA) is 70.6 Å². The molecule has 0 aliphatic rings. The van der Waals surface area contributed by atoms with Gasteiger partial charge >= 0.3 is 0 Å². The highest BCUT2D eigenvalue weighted by Gasteiger charge is 2.06. The third-order valence-corrected chi connectivity index (χ3v) is 6.24. The smallest absolute Gasteiger partial charge is 0.191 e. The van der Waals surface area contributed by atoms with Crippen molar-refractivity contribution in [3.8, 4) is 0 Å². The molecule has 0 aromatic heterocycles. The van der Waals surface area contributed by atoms with Gasteiger partial charge in [0.15, 0.2) is 15.8 Å². The number of aliphatic imine (C=N–C) groups is 1. The lowest BCUT2D eigenvalue weighted by Crippen LogP contribution is -2.38. The summed E-state index contributed by atoms with van der Waals surface area (Å²) >= 11 is 7.66. The summed E-state index contributed by atoms with van der Waals surface area (Å²) in [7, 11) is -3.15. The molecular formula is C20H27ClIN3O2S2. The van der Waals surface area contributed by atoms with Crippen molar-refractivity contribution >= 4 is 63.1 Å². The van der Waals surface area contributed by atoms with Gasteiger partial charge in [-0.25, -0.2) is 8.42 Å². The zero-order chi connectivity index (χ0) is 20.4. The lowest BCUT2D eigenvalue weighted by Gasteiger charge is -2.11. The Balaban J connectivity index is 0.00000420. The molecule has 2 aromatic rings. The van der Waals surface area contributed by atoms with Crippen LogP contribution in [0.4, 0.5) is 0 Å². The first-order chi connectivity index (χ1) is 13.4. The zero-order valence-electron chi connectivity index (χ0n) is 16.5. The number of sulfone groups is 1. The summed E-state index contributed by atoms with van der Waals surface area (Å²) in [6.45, 7) is 4.24. The lowest BCUT2D eigenvalue weighted by atomic mass is 10.1. The van der Waals surface area contributed by atoms with Crippen molar-refractivity contribution in [2.45, 2.75) is 23.1 Å². The second kappa shape index (κ2) is 13.4. The van der Waals surface area contributed by atoms with E-state index in [-0.39, 0.29) is 24.0 Å². The molecule has 0 saturated heterocycles. The summed E-state index contributed by atoms with van der Waals surface area (Å²) in [6, 6.07) is 14.8. The van der Waals surface area contributed by atoms with E-state index >= 15 is 0 Å². The summed E-state index contributed by atoms with van der Waals surface area (Å²) in [6.07, 6.45) is 1.96. The second-order valence-electron chi connectivity index (χ2n) is 6.16. The molecule has 0 saturated carbocycles. The fourth-order valence-corrected chi connectivity index (χ4v) is 3.94. The van der Waals surface area contributed by atoms with Gasteiger partial charge in [0.2, 0.25) is 0 Å². The Morgan fingerprint density at radius 1 is 1.07 bits per heavy atom. The van der Waals surface area contributed by atoms with Crippen molar-refractivity contribution in [2.75, 3.05) is 31.6 Å². The van der Waals surface area contributed by atoms with Crippen molar-refractivity contribution in [3.63, 3.8) is 0 Å². The normalized spacial score (nSPS) is 11.6. The Morgan fingerprint density at radius 3 is 2.31 bits per heavy atom. The van der Waals surface area contributed by atoms with Crippen LogP contribution in [0, 0.1) is 0 Å². The van der Waals surface area contributed by atoms with E-state index in [1.54, 1.807) is 23.9 Å². The van der Waals surface area contributed by atoms with Crippen LogP contribution >= 0.6 is 47.3 Å². The maximum atomic E-state index is 11.5. The van der Waals surface area contributed by atoms with E-state index in [0.717, 1.165) is 41.8 Å². The number of nitrogens with zero attached hydrogens (tertiary/aromatic N) is 1. The van der Waals surface area contributed by atoms with E-state index in [9.17, 15) is 8.42 Å². The monoisotopic (exact) mass is 567 g/mol. The molecule has 160 valence electrons. The number of benzene rings is 2. The van der Waals surface area contributed by atoms with Crippen LogP contribution in [0.2, 0.25) is 5.02 Å². The zero-order valence-corrected chi connectivity index (χ0v) is 21.2. The number of hydrogen-bond acceptors (Lipinski definition) is 4. The molecule has 0 unspecified atom stereocenters. The summed E-state index contributed by atoms with van der Waals surface area (Å²) in [5.41, 5.74) is 1.06. The van der Waals surface area contributed by atoms with Gasteiger partial charge in [-0.3, -0.25) is 4.99 Å². The molecule has 0 aliphatic carbocycles. The first kappa shape index (κ1) is 26.1. The van der Waals surface area contributed by atoms with Crippen molar-refractivity contribution in [1.29, 1.82) is 0 Å². The highest BCUT2D eigenvalue weighted by atomic mass is 127. The van der Waals surface area contributed by atoms with Crippen LogP contribution in [0.3, 0.4) is 0 Å². The SMILES string of the molecule is CCNC(=NCCc1ccc(S(C)(=O)=O)cc1)NCCSc1ccc(Cl)cc1.I. The van der Waals surface area contributed by atoms with E-state index in [0.29, 0.717) is 11.4 Å². The van der Waals surface area contributed by atoms with Crippen LogP contribution < -0.4 is 10.6 Å². The van der Waals surface area contributed by atoms with E-state index in [1.807, 2.05) is 43.3 Å². The highest BCUT2D eigenvalue weighted by molar-refractivity contribution is 14.0. The van der Waals surface area contributed by atoms with Crippen molar-refractivity contribution < 1.29 is 8.42 Å². The minimum Gasteiger partial charge on any atom is -0.357 e. The predicted molar refractivity (Wildman–Crippen MR) is 135 cm³/mol. The minimum atomic E-state index is -3.15. The molecule has 0 heterocycles. The molecule has 0 fully saturated rings. The lowest BCUT2D eigenvalue weighted by molar-refractivity contribution is 0.602. The van der Waals surface area contributed by atoms with Crippen molar-refractivity contribution in [1.82, 2.24) is 10.6 Å². The van der Waals surface area contributed by atoms with Gasteiger partial charge in [0.25, 0.3) is 0 Å². The molecule has 0 aliphatic heterocycles. The fourth-order valence-electron chi connectivity index (χ4n) is 2.41. The highest BCUT2D eigenvalue weighted by Crippen LogP contribution is 2.19. The second-order valence-corrected chi connectivity index (χ2v) is 9.78. The first-order valence-corrected chi connectivity index (χ1v) is 12.3. The number of hydrogen-bond donors (Lipinski definition) is 2. The summed E-state index contributed by atoms with van der Waals surface area (Å²) < 4.78 is 23.0. The molecule has 0 spiro atoms. The molecule has 0 radical (unpaired) electrons. The summed E-state index contributed by atoms with van der Waals surface area (Å²) in [4.78, 5) is 6.11. The number of rotatable bonds is 9. The molecule has 0 bridgehead atoms. The Morgan fingerprint density at radius 2 is 1.72 bits per heavy atom. The number of thioether (sulfide) groups is 1. The fraction of sp³-hybridized carbons (Fsp3) is 0.350. The Labute approximate surface area is 200 Å². The Hall–Kier alpha value is -0.970. The van der Waals surface area contributed by atoms with E-state index in [4.69, 9.17) is 11.6 Å². The molecule has 2 aromatic carbocycles. The van der Waals surface area contributed by atoms with Crippen LogP contribution in [0.1, 0.15) is 12.5 Å². The van der Waals surface area contributed by atoms with Crippen molar-refractivity contribution in [2.24, 2.45) is 4.99 Å². The third kappa shape index (κ3) is 10.1. The molecule has 5 nitrogen and oxygen atoms in total. The molecule has 0 atom stereocenters. The van der Waals surface area contributed by atoms with E-state index in [1.165, 1.54) is 11.2 Å². The van der Waals surface area contributed by atoms with Gasteiger partial charge in [0.1, 0.15) is 0 Å². The standard InChI is InChI=1S/C20H26ClN3O2S2.HI/c1-3-22-20(24-14-15-27-18-8-6-17(21)7-9-18)23-13-12-16-4-10-19(11-5-16)28(2,25)26;/h4-11H,3,12-15H2,1-2H3,(H2,22,23,24);1H. The van der Waals surface area contributed by atoms with Gasteiger partial charge in [-0.1, -0.05) is 23.7 Å². The number of halogens is 2. The van der Waals surface area contributed by atoms with E-state index < -0.39 is 9.84 Å². The summed E-state index contributed by atoms with van der Waals surface area (Å²) in [5.74, 6) is 1.70. The largest absolute Gasteiger partial charge is 0.357 e. The van der Waals surface area contributed by atoms with Gasteiger partial charge < -0.3 is 10.6 Å². The van der Waals surface area contributed by atoms with Crippen LogP contribution in [-0.4, -0.2) is 46.0 Å². The van der Waals surface area contributed by atoms with Crippen LogP contribution in [0.15, 0.2) is 63.3 Å². The third-order valence-electron chi connectivity index (χ3n) is 3.84. The maximum absolute atomic E-state index is 11.5. The minimum absolute atomic E-state index is 0. The quantitative estimate of drug-likeness (QED) is 0.156. The van der Waals surface area contributed by atoms with Crippen LogP contribution in [-0.2, 0) is 16.3 Å². The molecule has 29 heavy (non-hydrogen) atoms. The first-order valence-electron chi connectivity index (χ1n) is 9.08. The van der Waals surface area contributed by atoms with Crippen molar-refractivity contribution in [3.05, 3.63) is 59.1 Å². The number of guanidine groups is 1. The van der Waals surface area contributed by atoms with Gasteiger partial charge in [-0.15, -0.1) is 35.7 Å². The Bertz CT molecular complexity index is 874. The molecule has 2 rings (SSSR count). The van der Waals surface area contributed by atoms with Crippen LogP contribution in [0.25, 0.3) is 0 Å². The molecular weight excluding hydrogens is 541 g/mol. The Kier molecular flexibility index (Phi) is 12.0. The van der Waals surface area contributed by atoms with Gasteiger partial charge in [-0.05, 0) is 55.3 Å². The van der Waals surface area contributed by atoms with Gasteiger partial charge in [0.05, 0.1) is 4.90 Å². The summed E-state index contributed by atoms with van der Waals surface area (Å²) in [5, 5.41) is 7.31. The predicted octanol–water partition coefficient (Wildman–Crippen LogP) is 4.25. The molecule has 0 amide bonds. The number of nitrogens with one attached hydrogen (secondary N) is 2. The van der Waals surface area contributed by atoms with Crippen LogP contribution in [0.5, 0.6) is 0 Å². The molecule has 2 N–H and O–H groups in total. The maximum Gasteiger partial charge on any atom is 0.191 e. The van der Waals surface area contributed by atoms with Gasteiger partial charge in [0, 0.05) is 41.6 Å². The average Bonchev–Trinajstić information content (AvgIpc) is 2.66. The van der Waals surface area contributed by atoms with Gasteiger partial charge in [-0.2, -0.15) is 0 Å². The van der Waals surface area contributed by atoms with E-state index in [2.05, 4.69) is 15.6 Å².